The Morgan fingerprint density at radius 1 is 0.947 bits per heavy atom. The lowest BCUT2D eigenvalue weighted by Crippen LogP contribution is -2.04. The summed E-state index contributed by atoms with van der Waals surface area (Å²) in [5.74, 6) is 0.645. The Kier molecular flexibility index (Phi) is 3.16. The molecule has 0 aliphatic rings. The van der Waals surface area contributed by atoms with Crippen molar-refractivity contribution >= 4 is 10.9 Å². The molecule has 1 aromatic carbocycles. The fourth-order valence-electron chi connectivity index (χ4n) is 1.97. The lowest BCUT2D eigenvalue weighted by Gasteiger charge is -2.03. The highest BCUT2D eigenvalue weighted by atomic mass is 14.9. The number of benzene rings is 1. The van der Waals surface area contributed by atoms with Crippen LogP contribution in [-0.2, 0) is 6.42 Å². The average molecular weight is 250 g/mol. The molecule has 0 fully saturated rings. The molecule has 0 saturated carbocycles. The molecule has 0 atom stereocenters. The van der Waals surface area contributed by atoms with Crippen LogP contribution in [0.15, 0.2) is 48.8 Å². The van der Waals surface area contributed by atoms with Gasteiger partial charge in [0.05, 0.1) is 5.52 Å². The molecule has 94 valence electrons. The summed E-state index contributed by atoms with van der Waals surface area (Å²) in [7, 11) is 0. The highest BCUT2D eigenvalue weighted by Gasteiger charge is 2.04. The molecule has 0 spiro atoms. The SMILES string of the molecule is NCCc1cnc(-c2ccc3ccccc3n2)nc1. The van der Waals surface area contributed by atoms with Gasteiger partial charge in [-0.2, -0.15) is 0 Å². The van der Waals surface area contributed by atoms with Crippen molar-refractivity contribution in [2.24, 2.45) is 5.73 Å². The number of fused-ring (bicyclic) bond motifs is 1. The van der Waals surface area contributed by atoms with Gasteiger partial charge in [-0.1, -0.05) is 24.3 Å². The second-order valence-electron chi connectivity index (χ2n) is 4.34. The molecule has 0 bridgehead atoms. The van der Waals surface area contributed by atoms with Gasteiger partial charge in [-0.3, -0.25) is 0 Å². The van der Waals surface area contributed by atoms with Crippen molar-refractivity contribution in [2.45, 2.75) is 6.42 Å². The molecule has 0 saturated heterocycles. The second kappa shape index (κ2) is 5.12. The van der Waals surface area contributed by atoms with Gasteiger partial charge in [0.2, 0.25) is 0 Å². The smallest absolute Gasteiger partial charge is 0.178 e. The summed E-state index contributed by atoms with van der Waals surface area (Å²) in [6.07, 6.45) is 4.42. The summed E-state index contributed by atoms with van der Waals surface area (Å²) in [5.41, 5.74) is 8.30. The quantitative estimate of drug-likeness (QED) is 0.774. The van der Waals surface area contributed by atoms with E-state index >= 15 is 0 Å². The highest BCUT2D eigenvalue weighted by molar-refractivity contribution is 5.80. The molecule has 19 heavy (non-hydrogen) atoms. The molecule has 2 heterocycles. The number of para-hydroxylation sites is 1. The van der Waals surface area contributed by atoms with Gasteiger partial charge in [-0.25, -0.2) is 15.0 Å². The van der Waals surface area contributed by atoms with E-state index in [1.165, 1.54) is 0 Å². The predicted octanol–water partition coefficient (Wildman–Crippen LogP) is 2.19. The molecule has 3 aromatic rings. The zero-order valence-electron chi connectivity index (χ0n) is 10.5. The summed E-state index contributed by atoms with van der Waals surface area (Å²) in [6, 6.07) is 12.0. The fourth-order valence-corrected chi connectivity index (χ4v) is 1.97. The number of aromatic nitrogens is 3. The number of hydrogen-bond donors (Lipinski definition) is 1. The Morgan fingerprint density at radius 3 is 2.53 bits per heavy atom. The van der Waals surface area contributed by atoms with E-state index in [-0.39, 0.29) is 0 Å². The molecule has 0 aliphatic carbocycles. The summed E-state index contributed by atoms with van der Waals surface area (Å²) in [4.78, 5) is 13.3. The highest BCUT2D eigenvalue weighted by Crippen LogP contribution is 2.17. The molecule has 4 nitrogen and oxygen atoms in total. The number of rotatable bonds is 3. The second-order valence-corrected chi connectivity index (χ2v) is 4.34. The van der Waals surface area contributed by atoms with Gasteiger partial charge in [-0.15, -0.1) is 0 Å². The normalized spacial score (nSPS) is 10.8. The van der Waals surface area contributed by atoms with Crippen molar-refractivity contribution in [1.29, 1.82) is 0 Å². The Morgan fingerprint density at radius 2 is 1.74 bits per heavy atom. The first-order valence-corrected chi connectivity index (χ1v) is 6.24. The van der Waals surface area contributed by atoms with E-state index in [1.54, 1.807) is 0 Å². The van der Waals surface area contributed by atoms with Crippen molar-refractivity contribution in [1.82, 2.24) is 15.0 Å². The van der Waals surface area contributed by atoms with Crippen molar-refractivity contribution in [2.75, 3.05) is 6.54 Å². The van der Waals surface area contributed by atoms with E-state index in [1.807, 2.05) is 48.8 Å². The third kappa shape index (κ3) is 2.44. The van der Waals surface area contributed by atoms with Gasteiger partial charge in [0.25, 0.3) is 0 Å². The molecule has 0 radical (unpaired) electrons. The number of hydrogen-bond acceptors (Lipinski definition) is 4. The summed E-state index contributed by atoms with van der Waals surface area (Å²) in [5, 5.41) is 1.12. The number of pyridine rings is 1. The lowest BCUT2D eigenvalue weighted by atomic mass is 10.2. The van der Waals surface area contributed by atoms with Crippen LogP contribution in [0.5, 0.6) is 0 Å². The van der Waals surface area contributed by atoms with Gasteiger partial charge < -0.3 is 5.73 Å². The summed E-state index contributed by atoms with van der Waals surface area (Å²) in [6.45, 7) is 0.608. The molecular weight excluding hydrogens is 236 g/mol. The topological polar surface area (TPSA) is 64.7 Å². The van der Waals surface area contributed by atoms with E-state index < -0.39 is 0 Å². The lowest BCUT2D eigenvalue weighted by molar-refractivity contribution is 0.942. The Labute approximate surface area is 111 Å². The van der Waals surface area contributed by atoms with Crippen molar-refractivity contribution < 1.29 is 0 Å². The predicted molar refractivity (Wildman–Crippen MR) is 75.5 cm³/mol. The first kappa shape index (κ1) is 11.7. The van der Waals surface area contributed by atoms with Crippen LogP contribution in [0.4, 0.5) is 0 Å². The Bertz CT molecular complexity index is 692. The Hall–Kier alpha value is -2.33. The van der Waals surface area contributed by atoms with Crippen LogP contribution in [-0.4, -0.2) is 21.5 Å². The third-order valence-electron chi connectivity index (χ3n) is 2.97. The van der Waals surface area contributed by atoms with Crippen molar-refractivity contribution in [3.05, 3.63) is 54.4 Å². The largest absolute Gasteiger partial charge is 0.330 e. The minimum Gasteiger partial charge on any atom is -0.330 e. The maximum atomic E-state index is 5.50. The minimum absolute atomic E-state index is 0.608. The third-order valence-corrected chi connectivity index (χ3v) is 2.97. The van der Waals surface area contributed by atoms with Gasteiger partial charge in [-0.05, 0) is 30.7 Å². The zero-order valence-corrected chi connectivity index (χ0v) is 10.5. The van der Waals surface area contributed by atoms with Crippen LogP contribution < -0.4 is 5.73 Å². The monoisotopic (exact) mass is 250 g/mol. The first-order chi connectivity index (χ1) is 9.36. The van der Waals surface area contributed by atoms with Crippen LogP contribution in [0.25, 0.3) is 22.4 Å². The minimum atomic E-state index is 0.608. The van der Waals surface area contributed by atoms with Gasteiger partial charge in [0.15, 0.2) is 5.82 Å². The fraction of sp³-hybridized carbons (Fsp3) is 0.133. The maximum absolute atomic E-state index is 5.50. The summed E-state index contributed by atoms with van der Waals surface area (Å²) < 4.78 is 0. The zero-order chi connectivity index (χ0) is 13.1. The van der Waals surface area contributed by atoms with Gasteiger partial charge in [0.1, 0.15) is 5.69 Å². The van der Waals surface area contributed by atoms with E-state index in [4.69, 9.17) is 5.73 Å². The van der Waals surface area contributed by atoms with Crippen molar-refractivity contribution in [3.63, 3.8) is 0 Å². The van der Waals surface area contributed by atoms with E-state index in [0.29, 0.717) is 12.4 Å². The molecule has 0 unspecified atom stereocenters. The molecule has 2 aromatic heterocycles. The van der Waals surface area contributed by atoms with E-state index in [2.05, 4.69) is 15.0 Å². The molecule has 4 heteroatoms. The molecule has 0 amide bonds. The van der Waals surface area contributed by atoms with Gasteiger partial charge in [0, 0.05) is 17.8 Å². The molecular formula is C15H14N4. The summed E-state index contributed by atoms with van der Waals surface area (Å²) >= 11 is 0. The number of nitrogens with two attached hydrogens (primary N) is 1. The number of nitrogens with zero attached hydrogens (tertiary/aromatic N) is 3. The van der Waals surface area contributed by atoms with Crippen molar-refractivity contribution in [3.8, 4) is 11.5 Å². The molecule has 3 rings (SSSR count). The van der Waals surface area contributed by atoms with Crippen LogP contribution in [0.1, 0.15) is 5.56 Å². The molecule has 2 N–H and O–H groups in total. The molecule has 0 aliphatic heterocycles. The van der Waals surface area contributed by atoms with Crippen LogP contribution >= 0.6 is 0 Å². The standard InChI is InChI=1S/C15H14N4/c16-8-7-11-9-17-15(18-10-11)14-6-5-12-3-1-2-4-13(12)19-14/h1-6,9-10H,7-8,16H2. The van der Waals surface area contributed by atoms with Gasteiger partial charge >= 0.3 is 0 Å². The van der Waals surface area contributed by atoms with Crippen LogP contribution in [0.2, 0.25) is 0 Å². The average Bonchev–Trinajstić information content (AvgIpc) is 2.48. The Balaban J connectivity index is 1.99. The van der Waals surface area contributed by atoms with E-state index in [0.717, 1.165) is 28.6 Å². The maximum Gasteiger partial charge on any atom is 0.178 e. The van der Waals surface area contributed by atoms with Crippen LogP contribution in [0.3, 0.4) is 0 Å². The van der Waals surface area contributed by atoms with Crippen LogP contribution in [0, 0.1) is 0 Å². The first-order valence-electron chi connectivity index (χ1n) is 6.24. The van der Waals surface area contributed by atoms with E-state index in [9.17, 15) is 0 Å².